The first kappa shape index (κ1) is 13.3. The van der Waals surface area contributed by atoms with Gasteiger partial charge in [-0.2, -0.15) is 0 Å². The molecule has 1 atom stereocenters. The van der Waals surface area contributed by atoms with Crippen molar-refractivity contribution in [1.29, 1.82) is 0 Å². The van der Waals surface area contributed by atoms with Crippen LogP contribution in [0.4, 0.5) is 0 Å². The molecule has 1 aromatic carbocycles. The van der Waals surface area contributed by atoms with Crippen LogP contribution in [0.2, 0.25) is 0 Å². The fourth-order valence-corrected chi connectivity index (χ4v) is 2.90. The summed E-state index contributed by atoms with van der Waals surface area (Å²) < 4.78 is 23.0. The minimum Gasteiger partial charge on any atom is -0.349 e. The molecule has 0 bridgehead atoms. The number of rotatable bonds is 4. The van der Waals surface area contributed by atoms with Crippen LogP contribution in [0, 0.1) is 0 Å². The Labute approximate surface area is 115 Å². The molecule has 0 aliphatic carbocycles. The fraction of sp³-hybridized carbons (Fsp3) is 0.250. The van der Waals surface area contributed by atoms with E-state index in [9.17, 15) is 8.42 Å². The Bertz CT molecular complexity index is 623. The maximum absolute atomic E-state index is 11.5. The van der Waals surface area contributed by atoms with Crippen molar-refractivity contribution in [2.24, 2.45) is 0 Å². The van der Waals surface area contributed by atoms with Crippen molar-refractivity contribution in [2.75, 3.05) is 6.26 Å². The smallest absolute Gasteiger partial charge is 0.175 e. The Hall–Kier alpha value is -1.14. The van der Waals surface area contributed by atoms with Crippen LogP contribution in [0.1, 0.15) is 16.2 Å². The molecule has 1 aromatic heterocycles. The predicted octanol–water partition coefficient (Wildman–Crippen LogP) is 2.49. The Morgan fingerprint density at radius 2 is 2.22 bits per heavy atom. The van der Waals surface area contributed by atoms with Crippen LogP contribution in [0.3, 0.4) is 0 Å². The second-order valence-electron chi connectivity index (χ2n) is 4.05. The SMILES string of the molecule is CS(=O)(=O)c1cccc(C(Br)Cc2ncc[nH]2)c1. The average molecular weight is 329 g/mol. The van der Waals surface area contributed by atoms with Gasteiger partial charge in [-0.1, -0.05) is 28.1 Å². The highest BCUT2D eigenvalue weighted by atomic mass is 79.9. The number of aromatic nitrogens is 2. The topological polar surface area (TPSA) is 62.8 Å². The third-order valence-corrected chi connectivity index (χ3v) is 4.54. The summed E-state index contributed by atoms with van der Waals surface area (Å²) >= 11 is 3.55. The third kappa shape index (κ3) is 3.20. The van der Waals surface area contributed by atoms with E-state index in [0.717, 1.165) is 11.4 Å². The molecule has 0 saturated carbocycles. The molecule has 1 unspecified atom stereocenters. The number of hydrogen-bond donors (Lipinski definition) is 1. The van der Waals surface area contributed by atoms with E-state index in [1.807, 2.05) is 6.07 Å². The van der Waals surface area contributed by atoms with E-state index >= 15 is 0 Å². The van der Waals surface area contributed by atoms with Crippen LogP contribution in [-0.2, 0) is 16.3 Å². The van der Waals surface area contributed by atoms with Crippen molar-refractivity contribution in [2.45, 2.75) is 16.1 Å². The maximum atomic E-state index is 11.5. The van der Waals surface area contributed by atoms with Gasteiger partial charge in [0, 0.05) is 29.9 Å². The van der Waals surface area contributed by atoms with Gasteiger partial charge in [-0.25, -0.2) is 13.4 Å². The average Bonchev–Trinajstić information content (AvgIpc) is 2.81. The lowest BCUT2D eigenvalue weighted by Gasteiger charge is -2.09. The van der Waals surface area contributed by atoms with Crippen LogP contribution in [0.5, 0.6) is 0 Å². The molecule has 0 radical (unpaired) electrons. The van der Waals surface area contributed by atoms with Gasteiger partial charge in [0.2, 0.25) is 0 Å². The number of H-pyrrole nitrogens is 1. The number of nitrogens with one attached hydrogen (secondary N) is 1. The number of imidazole rings is 1. The molecule has 1 heterocycles. The molecule has 0 aliphatic heterocycles. The first-order valence-electron chi connectivity index (χ1n) is 5.39. The van der Waals surface area contributed by atoms with Gasteiger partial charge in [-0.3, -0.25) is 0 Å². The van der Waals surface area contributed by atoms with E-state index in [-0.39, 0.29) is 4.83 Å². The number of nitrogens with zero attached hydrogens (tertiary/aromatic N) is 1. The molecular weight excluding hydrogens is 316 g/mol. The van der Waals surface area contributed by atoms with Crippen molar-refractivity contribution in [3.63, 3.8) is 0 Å². The maximum Gasteiger partial charge on any atom is 0.175 e. The zero-order valence-electron chi connectivity index (χ0n) is 9.80. The molecule has 96 valence electrons. The minimum atomic E-state index is -3.17. The number of aromatic amines is 1. The van der Waals surface area contributed by atoms with Crippen LogP contribution < -0.4 is 0 Å². The Morgan fingerprint density at radius 3 is 2.83 bits per heavy atom. The monoisotopic (exact) mass is 328 g/mol. The summed E-state index contributed by atoms with van der Waals surface area (Å²) in [7, 11) is -3.17. The van der Waals surface area contributed by atoms with Gasteiger partial charge in [0.25, 0.3) is 0 Å². The van der Waals surface area contributed by atoms with Crippen LogP contribution in [0.15, 0.2) is 41.6 Å². The molecule has 0 saturated heterocycles. The highest BCUT2D eigenvalue weighted by Crippen LogP contribution is 2.27. The van der Waals surface area contributed by atoms with Gasteiger partial charge in [-0.15, -0.1) is 0 Å². The first-order valence-corrected chi connectivity index (χ1v) is 8.20. The van der Waals surface area contributed by atoms with Crippen LogP contribution in [-0.4, -0.2) is 24.6 Å². The van der Waals surface area contributed by atoms with Crippen molar-refractivity contribution in [3.05, 3.63) is 48.0 Å². The predicted molar refractivity (Wildman–Crippen MR) is 73.5 cm³/mol. The van der Waals surface area contributed by atoms with E-state index in [4.69, 9.17) is 0 Å². The number of sulfone groups is 1. The molecule has 4 nitrogen and oxygen atoms in total. The largest absolute Gasteiger partial charge is 0.349 e. The summed E-state index contributed by atoms with van der Waals surface area (Å²) in [5.74, 6) is 0.863. The third-order valence-electron chi connectivity index (χ3n) is 2.58. The Balaban J connectivity index is 2.23. The van der Waals surface area contributed by atoms with Gasteiger partial charge in [0.1, 0.15) is 5.82 Å². The van der Waals surface area contributed by atoms with E-state index in [1.165, 1.54) is 6.26 Å². The van der Waals surface area contributed by atoms with Crippen molar-refractivity contribution in [3.8, 4) is 0 Å². The lowest BCUT2D eigenvalue weighted by Crippen LogP contribution is -2.01. The molecule has 0 amide bonds. The van der Waals surface area contributed by atoms with Crippen molar-refractivity contribution >= 4 is 25.8 Å². The molecule has 0 fully saturated rings. The molecule has 0 aliphatic rings. The highest BCUT2D eigenvalue weighted by molar-refractivity contribution is 9.09. The number of hydrogen-bond acceptors (Lipinski definition) is 3. The quantitative estimate of drug-likeness (QED) is 0.877. The molecule has 2 rings (SSSR count). The summed E-state index contributed by atoms with van der Waals surface area (Å²) in [5.41, 5.74) is 0.925. The molecule has 2 aromatic rings. The summed E-state index contributed by atoms with van der Waals surface area (Å²) in [4.78, 5) is 7.54. The number of halogens is 1. The van der Waals surface area contributed by atoms with Gasteiger partial charge in [0.15, 0.2) is 9.84 Å². The molecule has 6 heteroatoms. The first-order chi connectivity index (χ1) is 8.47. The summed E-state index contributed by atoms with van der Waals surface area (Å²) in [6, 6.07) is 6.95. The normalized spacial score (nSPS) is 13.4. The van der Waals surface area contributed by atoms with Crippen molar-refractivity contribution < 1.29 is 8.42 Å². The van der Waals surface area contributed by atoms with Gasteiger partial charge >= 0.3 is 0 Å². The van der Waals surface area contributed by atoms with Crippen LogP contribution in [0.25, 0.3) is 0 Å². The standard InChI is InChI=1S/C12H13BrN2O2S/c1-18(16,17)10-4-2-3-9(7-10)11(13)8-12-14-5-6-15-12/h2-7,11H,8H2,1H3,(H,14,15). The van der Waals surface area contributed by atoms with Gasteiger partial charge in [0.05, 0.1) is 4.90 Å². The highest BCUT2D eigenvalue weighted by Gasteiger charge is 2.13. The minimum absolute atomic E-state index is 0.0327. The zero-order valence-corrected chi connectivity index (χ0v) is 12.2. The Morgan fingerprint density at radius 1 is 1.44 bits per heavy atom. The second kappa shape index (κ2) is 5.24. The zero-order chi connectivity index (χ0) is 13.2. The number of alkyl halides is 1. The van der Waals surface area contributed by atoms with Crippen LogP contribution >= 0.6 is 15.9 Å². The van der Waals surface area contributed by atoms with E-state index in [0.29, 0.717) is 11.3 Å². The summed E-state index contributed by atoms with van der Waals surface area (Å²) in [5, 5.41) is 0. The van der Waals surface area contributed by atoms with E-state index in [1.54, 1.807) is 30.6 Å². The summed E-state index contributed by atoms with van der Waals surface area (Å²) in [6.45, 7) is 0. The van der Waals surface area contributed by atoms with E-state index in [2.05, 4.69) is 25.9 Å². The number of benzene rings is 1. The lowest BCUT2D eigenvalue weighted by molar-refractivity contribution is 0.601. The molecule has 0 spiro atoms. The van der Waals surface area contributed by atoms with Gasteiger partial charge < -0.3 is 4.98 Å². The molecular formula is C12H13BrN2O2S. The van der Waals surface area contributed by atoms with Gasteiger partial charge in [-0.05, 0) is 17.7 Å². The Kier molecular flexibility index (Phi) is 3.87. The summed E-state index contributed by atoms with van der Waals surface area (Å²) in [6.07, 6.45) is 5.35. The molecule has 1 N–H and O–H groups in total. The second-order valence-corrected chi connectivity index (χ2v) is 7.17. The van der Waals surface area contributed by atoms with Crippen molar-refractivity contribution in [1.82, 2.24) is 9.97 Å². The lowest BCUT2D eigenvalue weighted by atomic mass is 10.1. The fourth-order valence-electron chi connectivity index (χ4n) is 1.64. The molecule has 18 heavy (non-hydrogen) atoms. The van der Waals surface area contributed by atoms with E-state index < -0.39 is 9.84 Å².